The van der Waals surface area contributed by atoms with Gasteiger partial charge in [0.1, 0.15) is 5.75 Å². The highest BCUT2D eigenvalue weighted by Crippen LogP contribution is 2.32. The zero-order chi connectivity index (χ0) is 15.0. The number of anilines is 1. The first-order valence-electron chi connectivity index (χ1n) is 4.99. The second kappa shape index (κ2) is 4.94. The standard InChI is InChI=1S/C9H14N2O6S2/c1-6-9(13)7(5-12)8(4-10-6)11(18(2,14)15)19(3,16)17/h4,12-13H,5H2,1-3H3. The molecular formula is C9H14N2O6S2. The van der Waals surface area contributed by atoms with E-state index in [-0.39, 0.29) is 15.0 Å². The van der Waals surface area contributed by atoms with Gasteiger partial charge in [-0.2, -0.15) is 3.71 Å². The minimum absolute atomic E-state index is 0.123. The lowest BCUT2D eigenvalue weighted by molar-refractivity contribution is 0.275. The topological polar surface area (TPSA) is 125 Å². The monoisotopic (exact) mass is 310 g/mol. The van der Waals surface area contributed by atoms with Gasteiger partial charge in [-0.1, -0.05) is 0 Å². The van der Waals surface area contributed by atoms with Crippen LogP contribution in [-0.4, -0.2) is 44.5 Å². The minimum Gasteiger partial charge on any atom is -0.506 e. The smallest absolute Gasteiger partial charge is 0.245 e. The van der Waals surface area contributed by atoms with Gasteiger partial charge in [-0.3, -0.25) is 4.98 Å². The number of pyridine rings is 1. The van der Waals surface area contributed by atoms with Crippen molar-refractivity contribution in [2.45, 2.75) is 13.5 Å². The van der Waals surface area contributed by atoms with Crippen molar-refractivity contribution in [3.63, 3.8) is 0 Å². The summed E-state index contributed by atoms with van der Waals surface area (Å²) in [4.78, 5) is 3.70. The number of sulfonamides is 2. The van der Waals surface area contributed by atoms with Crippen LogP contribution in [-0.2, 0) is 26.7 Å². The van der Waals surface area contributed by atoms with Crippen molar-refractivity contribution in [2.75, 3.05) is 16.2 Å². The van der Waals surface area contributed by atoms with Crippen molar-refractivity contribution >= 4 is 25.7 Å². The van der Waals surface area contributed by atoms with Gasteiger partial charge in [0.15, 0.2) is 0 Å². The highest BCUT2D eigenvalue weighted by molar-refractivity contribution is 8.09. The Morgan fingerprint density at radius 2 is 1.68 bits per heavy atom. The average molecular weight is 310 g/mol. The summed E-state index contributed by atoms with van der Waals surface area (Å²) in [6.07, 6.45) is 2.38. The molecule has 2 N–H and O–H groups in total. The molecule has 1 aromatic rings. The number of hydrogen-bond acceptors (Lipinski definition) is 7. The fourth-order valence-corrected chi connectivity index (χ4v) is 4.55. The Morgan fingerprint density at radius 3 is 2.05 bits per heavy atom. The first-order chi connectivity index (χ1) is 8.50. The number of aromatic nitrogens is 1. The molecule has 108 valence electrons. The molecule has 0 aliphatic carbocycles. The first kappa shape index (κ1) is 15.7. The summed E-state index contributed by atoms with van der Waals surface area (Å²) in [6.45, 7) is 0.704. The SMILES string of the molecule is Cc1ncc(N(S(C)(=O)=O)S(C)(=O)=O)c(CO)c1O. The second-order valence-electron chi connectivity index (χ2n) is 3.94. The van der Waals surface area contributed by atoms with Crippen LogP contribution >= 0.6 is 0 Å². The van der Waals surface area contributed by atoms with Crippen LogP contribution in [0.4, 0.5) is 5.69 Å². The zero-order valence-electron chi connectivity index (χ0n) is 10.5. The van der Waals surface area contributed by atoms with Gasteiger partial charge in [-0.25, -0.2) is 16.8 Å². The van der Waals surface area contributed by atoms with Crippen LogP contribution in [0.5, 0.6) is 5.75 Å². The van der Waals surface area contributed by atoms with Crippen molar-refractivity contribution in [1.82, 2.24) is 4.98 Å². The molecular weight excluding hydrogens is 296 g/mol. The van der Waals surface area contributed by atoms with Gasteiger partial charge in [-0.15, -0.1) is 0 Å². The van der Waals surface area contributed by atoms with Gasteiger partial charge in [0, 0.05) is 5.56 Å². The van der Waals surface area contributed by atoms with Crippen molar-refractivity contribution in [3.8, 4) is 5.75 Å². The molecule has 0 aromatic carbocycles. The molecule has 0 fully saturated rings. The molecule has 1 aromatic heterocycles. The molecule has 1 rings (SSSR count). The predicted octanol–water partition coefficient (Wildman–Crippen LogP) is -0.686. The molecule has 0 aliphatic heterocycles. The van der Waals surface area contributed by atoms with E-state index >= 15 is 0 Å². The number of hydrogen-bond donors (Lipinski definition) is 2. The van der Waals surface area contributed by atoms with E-state index in [2.05, 4.69) is 4.98 Å². The van der Waals surface area contributed by atoms with E-state index in [0.717, 1.165) is 6.20 Å². The van der Waals surface area contributed by atoms with Crippen molar-refractivity contribution < 1.29 is 27.0 Å². The summed E-state index contributed by atoms with van der Waals surface area (Å²) >= 11 is 0. The van der Waals surface area contributed by atoms with E-state index in [1.54, 1.807) is 0 Å². The first-order valence-corrected chi connectivity index (χ1v) is 8.68. The van der Waals surface area contributed by atoms with Crippen LogP contribution in [0, 0.1) is 6.92 Å². The summed E-state index contributed by atoms with van der Waals surface area (Å²) in [5, 5.41) is 18.9. The van der Waals surface area contributed by atoms with E-state index in [1.165, 1.54) is 6.92 Å². The third-order valence-electron chi connectivity index (χ3n) is 2.28. The summed E-state index contributed by atoms with van der Waals surface area (Å²) in [7, 11) is -8.31. The van der Waals surface area contributed by atoms with Crippen LogP contribution in [0.2, 0.25) is 0 Å². The number of rotatable bonds is 4. The highest BCUT2D eigenvalue weighted by Gasteiger charge is 2.31. The Morgan fingerprint density at radius 1 is 1.21 bits per heavy atom. The van der Waals surface area contributed by atoms with Gasteiger partial charge in [0.2, 0.25) is 20.0 Å². The molecule has 8 nitrogen and oxygen atoms in total. The number of aliphatic hydroxyl groups is 1. The van der Waals surface area contributed by atoms with Crippen LogP contribution in [0.25, 0.3) is 0 Å². The van der Waals surface area contributed by atoms with Gasteiger partial charge in [-0.05, 0) is 6.92 Å². The molecule has 0 atom stereocenters. The quantitative estimate of drug-likeness (QED) is 0.754. The maximum absolute atomic E-state index is 11.6. The number of nitrogens with zero attached hydrogens (tertiary/aromatic N) is 2. The summed E-state index contributed by atoms with van der Waals surface area (Å²) in [6, 6.07) is 0. The summed E-state index contributed by atoms with van der Waals surface area (Å²) < 4.78 is 46.5. The van der Waals surface area contributed by atoms with Crippen LogP contribution in [0.3, 0.4) is 0 Å². The van der Waals surface area contributed by atoms with Gasteiger partial charge in [0.25, 0.3) is 0 Å². The Bertz CT molecular complexity index is 664. The maximum Gasteiger partial charge on any atom is 0.245 e. The predicted molar refractivity (Wildman–Crippen MR) is 68.7 cm³/mol. The fourth-order valence-electron chi connectivity index (χ4n) is 1.55. The highest BCUT2D eigenvalue weighted by atomic mass is 32.3. The Kier molecular flexibility index (Phi) is 4.08. The molecule has 10 heteroatoms. The van der Waals surface area contributed by atoms with Crippen molar-refractivity contribution in [1.29, 1.82) is 0 Å². The molecule has 0 saturated carbocycles. The van der Waals surface area contributed by atoms with Gasteiger partial charge in [0.05, 0.1) is 36.7 Å². The summed E-state index contributed by atoms with van der Waals surface area (Å²) in [5.41, 5.74) is -0.464. The lowest BCUT2D eigenvalue weighted by Gasteiger charge is -2.22. The molecule has 1 heterocycles. The molecule has 19 heavy (non-hydrogen) atoms. The largest absolute Gasteiger partial charge is 0.506 e. The van der Waals surface area contributed by atoms with Crippen LogP contribution in [0.15, 0.2) is 6.20 Å². The van der Waals surface area contributed by atoms with Gasteiger partial charge >= 0.3 is 0 Å². The Balaban J connectivity index is 3.73. The third kappa shape index (κ3) is 3.14. The summed E-state index contributed by atoms with van der Waals surface area (Å²) in [5.74, 6) is -0.447. The van der Waals surface area contributed by atoms with Crippen LogP contribution in [0.1, 0.15) is 11.3 Å². The molecule has 0 amide bonds. The van der Waals surface area contributed by atoms with Crippen LogP contribution < -0.4 is 3.71 Å². The molecule has 0 aliphatic rings. The average Bonchev–Trinajstić information content (AvgIpc) is 2.20. The van der Waals surface area contributed by atoms with Gasteiger partial charge < -0.3 is 10.2 Å². The third-order valence-corrected chi connectivity index (χ3v) is 5.50. The normalized spacial score (nSPS) is 12.4. The second-order valence-corrected chi connectivity index (χ2v) is 7.83. The molecule has 0 saturated heterocycles. The van der Waals surface area contributed by atoms with Crippen molar-refractivity contribution in [2.24, 2.45) is 0 Å². The van der Waals surface area contributed by atoms with E-state index in [4.69, 9.17) is 0 Å². The molecule has 0 spiro atoms. The van der Waals surface area contributed by atoms with E-state index in [0.29, 0.717) is 12.5 Å². The molecule has 0 bridgehead atoms. The number of aryl methyl sites for hydroxylation is 1. The molecule has 0 radical (unpaired) electrons. The fraction of sp³-hybridized carbons (Fsp3) is 0.444. The van der Waals surface area contributed by atoms with E-state index < -0.39 is 38.1 Å². The number of aliphatic hydroxyl groups excluding tert-OH is 1. The van der Waals surface area contributed by atoms with E-state index in [9.17, 15) is 27.0 Å². The number of aromatic hydroxyl groups is 1. The molecule has 0 unspecified atom stereocenters. The lowest BCUT2D eigenvalue weighted by atomic mass is 10.2. The Labute approximate surface area is 111 Å². The lowest BCUT2D eigenvalue weighted by Crippen LogP contribution is -2.36. The Hall–Kier alpha value is -1.39. The van der Waals surface area contributed by atoms with Crippen molar-refractivity contribution in [3.05, 3.63) is 17.5 Å². The van der Waals surface area contributed by atoms with E-state index in [1.807, 2.05) is 0 Å². The maximum atomic E-state index is 11.6. The minimum atomic E-state index is -4.15. The zero-order valence-corrected chi connectivity index (χ0v) is 12.2.